The monoisotopic (exact) mass is 365 g/mol. The first-order valence-corrected chi connectivity index (χ1v) is 7.91. The molecular weight excluding hydrogens is 350 g/mol. The molecule has 0 aliphatic carbocycles. The Hall–Kier alpha value is -3.18. The van der Waals surface area contributed by atoms with Gasteiger partial charge in [-0.1, -0.05) is 24.3 Å². The standard InChI is InChI=1S/C20H16N3O2.ClH/c1-22-19-12-15(23(24)25)8-10-17(19)16-9-7-14(21)11-18(16)20(22)13-5-3-2-4-6-13;/h2-12H,21H2,1H3;1H/q+1;/p-1. The van der Waals surface area contributed by atoms with Crippen LogP contribution in [0.25, 0.3) is 32.9 Å². The molecule has 0 atom stereocenters. The maximum atomic E-state index is 11.2. The molecule has 130 valence electrons. The molecule has 0 spiro atoms. The van der Waals surface area contributed by atoms with Gasteiger partial charge < -0.3 is 18.1 Å². The number of pyridine rings is 1. The van der Waals surface area contributed by atoms with Crippen LogP contribution in [0, 0.1) is 10.1 Å². The Morgan fingerprint density at radius 1 is 0.923 bits per heavy atom. The number of nitrogens with zero attached hydrogens (tertiary/aromatic N) is 2. The molecule has 0 radical (unpaired) electrons. The van der Waals surface area contributed by atoms with Gasteiger partial charge in [-0.3, -0.25) is 10.1 Å². The number of aromatic nitrogens is 1. The van der Waals surface area contributed by atoms with Gasteiger partial charge in [-0.15, -0.1) is 0 Å². The van der Waals surface area contributed by atoms with Crippen LogP contribution in [0.4, 0.5) is 11.4 Å². The summed E-state index contributed by atoms with van der Waals surface area (Å²) in [5.41, 5.74) is 9.63. The third-order valence-electron chi connectivity index (χ3n) is 4.53. The summed E-state index contributed by atoms with van der Waals surface area (Å²) in [5, 5.41) is 14.2. The second-order valence-corrected chi connectivity index (χ2v) is 6.04. The largest absolute Gasteiger partial charge is 1.00 e. The van der Waals surface area contributed by atoms with Crippen LogP contribution in [-0.4, -0.2) is 4.92 Å². The lowest BCUT2D eigenvalue weighted by Crippen LogP contribution is -3.00. The number of nitro benzene ring substituents is 1. The van der Waals surface area contributed by atoms with Crippen molar-refractivity contribution >= 4 is 33.1 Å². The smallest absolute Gasteiger partial charge is 0.276 e. The van der Waals surface area contributed by atoms with E-state index in [9.17, 15) is 10.1 Å². The van der Waals surface area contributed by atoms with Crippen molar-refractivity contribution in [3.05, 3.63) is 76.8 Å². The second kappa shape index (κ2) is 6.61. The fourth-order valence-corrected chi connectivity index (χ4v) is 3.38. The van der Waals surface area contributed by atoms with E-state index in [4.69, 9.17) is 5.73 Å². The molecular formula is C20H16ClN3O2. The van der Waals surface area contributed by atoms with Crippen molar-refractivity contribution in [2.75, 3.05) is 5.73 Å². The Kier molecular flexibility index (Phi) is 4.49. The summed E-state index contributed by atoms with van der Waals surface area (Å²) in [4.78, 5) is 10.8. The van der Waals surface area contributed by atoms with E-state index in [1.165, 1.54) is 0 Å². The highest BCUT2D eigenvalue weighted by Crippen LogP contribution is 2.33. The summed E-state index contributed by atoms with van der Waals surface area (Å²) < 4.78 is 2.00. The van der Waals surface area contributed by atoms with E-state index >= 15 is 0 Å². The number of halogens is 1. The van der Waals surface area contributed by atoms with Crippen LogP contribution in [0.2, 0.25) is 0 Å². The summed E-state index contributed by atoms with van der Waals surface area (Å²) in [7, 11) is 1.93. The Morgan fingerprint density at radius 2 is 1.62 bits per heavy atom. The zero-order valence-electron chi connectivity index (χ0n) is 14.0. The molecule has 0 saturated carbocycles. The normalized spacial score (nSPS) is 10.7. The van der Waals surface area contributed by atoms with Gasteiger partial charge in [-0.25, -0.2) is 0 Å². The lowest BCUT2D eigenvalue weighted by molar-refractivity contribution is -0.632. The molecule has 0 bridgehead atoms. The molecule has 0 aliphatic rings. The number of hydrogen-bond acceptors (Lipinski definition) is 3. The van der Waals surface area contributed by atoms with Crippen molar-refractivity contribution in [1.29, 1.82) is 0 Å². The number of anilines is 1. The van der Waals surface area contributed by atoms with Gasteiger partial charge in [-0.2, -0.15) is 4.57 Å². The number of nitrogens with two attached hydrogens (primary N) is 1. The summed E-state index contributed by atoms with van der Waals surface area (Å²) in [6.45, 7) is 0. The maximum absolute atomic E-state index is 11.2. The number of benzene rings is 3. The lowest BCUT2D eigenvalue weighted by Gasteiger charge is -2.10. The van der Waals surface area contributed by atoms with E-state index in [1.807, 2.05) is 60.1 Å². The Bertz CT molecular complexity index is 1140. The topological polar surface area (TPSA) is 73.0 Å². The van der Waals surface area contributed by atoms with Crippen molar-refractivity contribution in [3.8, 4) is 11.3 Å². The number of fused-ring (bicyclic) bond motifs is 3. The highest BCUT2D eigenvalue weighted by molar-refractivity contribution is 6.10. The van der Waals surface area contributed by atoms with Crippen molar-refractivity contribution in [1.82, 2.24) is 0 Å². The van der Waals surface area contributed by atoms with E-state index in [1.54, 1.807) is 18.2 Å². The predicted octanol–water partition coefficient (Wildman–Crippen LogP) is 0.979. The molecule has 0 fully saturated rings. The van der Waals surface area contributed by atoms with E-state index < -0.39 is 0 Å². The molecule has 4 rings (SSSR count). The zero-order chi connectivity index (χ0) is 17.6. The lowest BCUT2D eigenvalue weighted by atomic mass is 9.98. The SMILES string of the molecule is C[n+]1c(-c2ccccc2)c2cc(N)ccc2c2ccc([N+](=O)[O-])cc21.[Cl-]. The molecule has 5 nitrogen and oxygen atoms in total. The van der Waals surface area contributed by atoms with Crippen molar-refractivity contribution in [2.45, 2.75) is 0 Å². The average Bonchev–Trinajstić information content (AvgIpc) is 2.62. The number of non-ortho nitro benzene ring substituents is 1. The predicted molar refractivity (Wildman–Crippen MR) is 99.1 cm³/mol. The van der Waals surface area contributed by atoms with Gasteiger partial charge in [0.2, 0.25) is 11.2 Å². The fourth-order valence-electron chi connectivity index (χ4n) is 3.38. The van der Waals surface area contributed by atoms with Gasteiger partial charge in [-0.05, 0) is 30.3 Å². The van der Waals surface area contributed by atoms with Gasteiger partial charge in [0, 0.05) is 22.7 Å². The molecule has 1 heterocycles. The van der Waals surface area contributed by atoms with Crippen LogP contribution >= 0.6 is 0 Å². The number of hydrogen-bond donors (Lipinski definition) is 1. The zero-order valence-corrected chi connectivity index (χ0v) is 14.8. The van der Waals surface area contributed by atoms with E-state index in [2.05, 4.69) is 0 Å². The number of nitrogen functional groups attached to an aromatic ring is 1. The first-order chi connectivity index (χ1) is 12.1. The van der Waals surface area contributed by atoms with Gasteiger partial charge in [0.15, 0.2) is 0 Å². The first kappa shape index (κ1) is 17.6. The molecule has 0 amide bonds. The minimum Gasteiger partial charge on any atom is -1.00 e. The fraction of sp³-hybridized carbons (Fsp3) is 0.0500. The van der Waals surface area contributed by atoms with Crippen molar-refractivity contribution < 1.29 is 21.9 Å². The number of aryl methyl sites for hydroxylation is 1. The van der Waals surface area contributed by atoms with Crippen LogP contribution in [0.5, 0.6) is 0 Å². The minimum atomic E-state index is -0.366. The van der Waals surface area contributed by atoms with E-state index in [0.29, 0.717) is 5.69 Å². The van der Waals surface area contributed by atoms with Gasteiger partial charge in [0.05, 0.1) is 21.8 Å². The summed E-state index contributed by atoms with van der Waals surface area (Å²) in [6.07, 6.45) is 0. The summed E-state index contributed by atoms with van der Waals surface area (Å²) in [6, 6.07) is 20.7. The van der Waals surface area contributed by atoms with Crippen LogP contribution in [0.15, 0.2) is 66.7 Å². The molecule has 6 heteroatoms. The van der Waals surface area contributed by atoms with Crippen molar-refractivity contribution in [2.24, 2.45) is 7.05 Å². The summed E-state index contributed by atoms with van der Waals surface area (Å²) >= 11 is 0. The van der Waals surface area contributed by atoms with Crippen LogP contribution in [0.3, 0.4) is 0 Å². The highest BCUT2D eigenvalue weighted by atomic mass is 35.5. The summed E-state index contributed by atoms with van der Waals surface area (Å²) in [5.74, 6) is 0. The van der Waals surface area contributed by atoms with E-state index in [0.717, 1.165) is 32.9 Å². The third kappa shape index (κ3) is 2.72. The Balaban J connectivity index is 0.00000196. The average molecular weight is 366 g/mol. The van der Waals surface area contributed by atoms with Crippen LogP contribution < -0.4 is 22.7 Å². The molecule has 0 saturated heterocycles. The van der Waals surface area contributed by atoms with Crippen molar-refractivity contribution in [3.63, 3.8) is 0 Å². The molecule has 0 aliphatic heterocycles. The molecule has 26 heavy (non-hydrogen) atoms. The molecule has 3 aromatic carbocycles. The number of rotatable bonds is 2. The van der Waals surface area contributed by atoms with Gasteiger partial charge in [0.25, 0.3) is 5.69 Å². The Labute approximate surface area is 156 Å². The van der Waals surface area contributed by atoms with Crippen LogP contribution in [0.1, 0.15) is 0 Å². The molecule has 1 aromatic heterocycles. The Morgan fingerprint density at radius 3 is 2.31 bits per heavy atom. The number of nitro groups is 1. The third-order valence-corrected chi connectivity index (χ3v) is 4.53. The second-order valence-electron chi connectivity index (χ2n) is 6.04. The molecule has 4 aromatic rings. The highest BCUT2D eigenvalue weighted by Gasteiger charge is 2.22. The molecule has 2 N–H and O–H groups in total. The minimum absolute atomic E-state index is 0. The van der Waals surface area contributed by atoms with E-state index in [-0.39, 0.29) is 23.0 Å². The quantitative estimate of drug-likeness (QED) is 0.189. The molecule has 0 unspecified atom stereocenters. The van der Waals surface area contributed by atoms with Gasteiger partial charge >= 0.3 is 0 Å². The van der Waals surface area contributed by atoms with Crippen LogP contribution in [-0.2, 0) is 7.05 Å². The van der Waals surface area contributed by atoms with Gasteiger partial charge in [0.1, 0.15) is 7.05 Å². The maximum Gasteiger partial charge on any atom is 0.276 e. The first-order valence-electron chi connectivity index (χ1n) is 7.91.